The average Bonchev–Trinajstić information content (AvgIpc) is 2.93. The molecule has 3 rings (SSSR count). The molecule has 0 saturated heterocycles. The van der Waals surface area contributed by atoms with E-state index in [0.717, 1.165) is 16.1 Å². The van der Waals surface area contributed by atoms with Crippen LogP contribution in [0.5, 0.6) is 5.75 Å². The second-order valence-corrected chi connectivity index (χ2v) is 12.5. The molecule has 1 N–H and O–H groups in total. The number of anilines is 1. The van der Waals surface area contributed by atoms with Crippen molar-refractivity contribution < 1.29 is 22.7 Å². The number of benzene rings is 3. The summed E-state index contributed by atoms with van der Waals surface area (Å²) in [6.45, 7) is 3.28. The van der Waals surface area contributed by atoms with E-state index in [1.54, 1.807) is 30.3 Å². The molecular weight excluding hydrogens is 585 g/mol. The predicted molar refractivity (Wildman–Crippen MR) is 164 cm³/mol. The summed E-state index contributed by atoms with van der Waals surface area (Å²) in [6.07, 6.45) is 1.91. The van der Waals surface area contributed by atoms with Crippen molar-refractivity contribution in [2.75, 3.05) is 24.2 Å². The molecule has 0 aliphatic rings. The van der Waals surface area contributed by atoms with Gasteiger partial charge in [-0.15, -0.1) is 0 Å². The van der Waals surface area contributed by atoms with Gasteiger partial charge in [0.25, 0.3) is 0 Å². The Hall–Kier alpha value is -3.27. The summed E-state index contributed by atoms with van der Waals surface area (Å²) in [4.78, 5) is 29.3. The molecule has 2 atom stereocenters. The van der Waals surface area contributed by atoms with Gasteiger partial charge in [0.15, 0.2) is 0 Å². The minimum Gasteiger partial charge on any atom is -0.495 e. The summed E-state index contributed by atoms with van der Waals surface area (Å²) in [5, 5.41) is 3.74. The molecule has 0 spiro atoms. The van der Waals surface area contributed by atoms with Crippen molar-refractivity contribution in [1.82, 2.24) is 10.2 Å². The molecule has 0 bridgehead atoms. The highest BCUT2D eigenvalue weighted by molar-refractivity contribution is 7.92. The highest BCUT2D eigenvalue weighted by atomic mass is 35.5. The predicted octanol–water partition coefficient (Wildman–Crippen LogP) is 5.32. The summed E-state index contributed by atoms with van der Waals surface area (Å²) in [6, 6.07) is 19.8. The van der Waals surface area contributed by atoms with Crippen molar-refractivity contribution in [3.8, 4) is 5.75 Å². The first-order valence-corrected chi connectivity index (χ1v) is 15.7. The molecule has 2 amide bonds. The van der Waals surface area contributed by atoms with Crippen molar-refractivity contribution in [2.24, 2.45) is 0 Å². The number of hydrogen-bond acceptors (Lipinski definition) is 5. The van der Waals surface area contributed by atoms with Crippen LogP contribution in [0.4, 0.5) is 5.69 Å². The number of sulfonamides is 1. The summed E-state index contributed by atoms with van der Waals surface area (Å²) in [5.41, 5.74) is 1.64. The van der Waals surface area contributed by atoms with E-state index in [1.165, 1.54) is 24.1 Å². The Morgan fingerprint density at radius 1 is 0.951 bits per heavy atom. The first-order valence-electron chi connectivity index (χ1n) is 13.1. The van der Waals surface area contributed by atoms with Crippen LogP contribution in [0.25, 0.3) is 0 Å². The topological polar surface area (TPSA) is 96.0 Å². The van der Waals surface area contributed by atoms with Crippen molar-refractivity contribution in [3.63, 3.8) is 0 Å². The van der Waals surface area contributed by atoms with Crippen LogP contribution >= 0.6 is 23.2 Å². The number of rotatable bonds is 13. The van der Waals surface area contributed by atoms with Gasteiger partial charge in [-0.1, -0.05) is 72.6 Å². The van der Waals surface area contributed by atoms with Gasteiger partial charge in [-0.2, -0.15) is 0 Å². The Balaban J connectivity index is 2.10. The molecule has 8 nitrogen and oxygen atoms in total. The fourth-order valence-electron chi connectivity index (χ4n) is 4.28. The number of halogens is 2. The molecule has 0 saturated carbocycles. The van der Waals surface area contributed by atoms with Crippen LogP contribution < -0.4 is 14.4 Å². The second-order valence-electron chi connectivity index (χ2n) is 9.76. The van der Waals surface area contributed by atoms with Gasteiger partial charge < -0.3 is 15.0 Å². The Morgan fingerprint density at radius 3 is 2.22 bits per heavy atom. The lowest BCUT2D eigenvalue weighted by Gasteiger charge is -2.34. The molecule has 11 heteroatoms. The minimum atomic E-state index is -3.98. The van der Waals surface area contributed by atoms with E-state index in [-0.39, 0.29) is 41.4 Å². The van der Waals surface area contributed by atoms with Crippen LogP contribution in [0.3, 0.4) is 0 Å². The van der Waals surface area contributed by atoms with Crippen LogP contribution in [-0.4, -0.2) is 57.1 Å². The molecule has 0 fully saturated rings. The molecule has 3 aromatic carbocycles. The Bertz CT molecular complexity index is 1450. The van der Waals surface area contributed by atoms with E-state index in [0.29, 0.717) is 17.0 Å². The second kappa shape index (κ2) is 14.6. The van der Waals surface area contributed by atoms with Crippen LogP contribution in [-0.2, 0) is 32.6 Å². The average molecular weight is 621 g/mol. The van der Waals surface area contributed by atoms with E-state index in [1.807, 2.05) is 44.2 Å². The van der Waals surface area contributed by atoms with E-state index < -0.39 is 28.5 Å². The Labute approximate surface area is 252 Å². The zero-order valence-electron chi connectivity index (χ0n) is 23.5. The monoisotopic (exact) mass is 619 g/mol. The van der Waals surface area contributed by atoms with Crippen LogP contribution in [0.1, 0.15) is 31.4 Å². The molecule has 220 valence electrons. The first kappa shape index (κ1) is 32.2. The molecule has 0 aliphatic heterocycles. The summed E-state index contributed by atoms with van der Waals surface area (Å²) in [5.74, 6) is -0.702. The zero-order valence-corrected chi connectivity index (χ0v) is 25.8. The van der Waals surface area contributed by atoms with E-state index in [2.05, 4.69) is 5.32 Å². The third kappa shape index (κ3) is 9.11. The van der Waals surface area contributed by atoms with Gasteiger partial charge in [0, 0.05) is 29.1 Å². The number of nitrogens with one attached hydrogen (secondary N) is 1. The summed E-state index contributed by atoms with van der Waals surface area (Å²) < 4.78 is 32.3. The van der Waals surface area contributed by atoms with Crippen LogP contribution in [0.2, 0.25) is 10.0 Å². The largest absolute Gasteiger partial charge is 0.495 e. The number of nitrogens with zero attached hydrogens (tertiary/aromatic N) is 2. The fraction of sp³-hybridized carbons (Fsp3) is 0.333. The lowest BCUT2D eigenvalue weighted by Crippen LogP contribution is -2.54. The van der Waals surface area contributed by atoms with Gasteiger partial charge in [-0.05, 0) is 54.8 Å². The van der Waals surface area contributed by atoms with Crippen LogP contribution in [0, 0.1) is 0 Å². The van der Waals surface area contributed by atoms with E-state index in [9.17, 15) is 18.0 Å². The van der Waals surface area contributed by atoms with Gasteiger partial charge in [-0.25, -0.2) is 8.42 Å². The Kier molecular flexibility index (Phi) is 11.5. The van der Waals surface area contributed by atoms with Crippen LogP contribution in [0.15, 0.2) is 72.8 Å². The zero-order chi connectivity index (χ0) is 30.2. The van der Waals surface area contributed by atoms with Gasteiger partial charge >= 0.3 is 0 Å². The summed E-state index contributed by atoms with van der Waals surface area (Å²) in [7, 11) is -2.58. The number of methoxy groups -OCH3 is 1. The standard InChI is InChI=1S/C30H35Cl2N3O5S/c1-5-21(2)33-30(37)27(17-22-10-7-6-8-11-22)34(19-23-12-9-13-24(31)16-23)29(36)20-35(41(4,38)39)26-18-25(32)14-15-28(26)40-3/h6-16,18,21,27H,5,17,19-20H2,1-4H3,(H,33,37)/t21-,27-/m1/s1. The number of carbonyl (C=O) groups is 2. The number of hydrogen-bond donors (Lipinski definition) is 1. The lowest BCUT2D eigenvalue weighted by atomic mass is 10.0. The molecule has 3 aromatic rings. The molecule has 0 aromatic heterocycles. The van der Waals surface area contributed by atoms with Crippen molar-refractivity contribution in [2.45, 2.75) is 45.3 Å². The van der Waals surface area contributed by atoms with Gasteiger partial charge in [0.2, 0.25) is 21.8 Å². The number of ether oxygens (including phenoxy) is 1. The highest BCUT2D eigenvalue weighted by Crippen LogP contribution is 2.33. The van der Waals surface area contributed by atoms with E-state index >= 15 is 0 Å². The lowest BCUT2D eigenvalue weighted by molar-refractivity contribution is -0.140. The van der Waals surface area contributed by atoms with Crippen molar-refractivity contribution in [3.05, 3.63) is 94.0 Å². The molecule has 0 aliphatic carbocycles. The molecule has 41 heavy (non-hydrogen) atoms. The quantitative estimate of drug-likeness (QED) is 0.279. The maximum absolute atomic E-state index is 14.2. The van der Waals surface area contributed by atoms with E-state index in [4.69, 9.17) is 27.9 Å². The third-order valence-electron chi connectivity index (χ3n) is 6.60. The molecule has 0 heterocycles. The number of carbonyl (C=O) groups excluding carboxylic acids is 2. The third-order valence-corrected chi connectivity index (χ3v) is 8.20. The normalized spacial score (nSPS) is 12.7. The van der Waals surface area contributed by atoms with Crippen molar-refractivity contribution in [1.29, 1.82) is 0 Å². The number of amides is 2. The molecule has 0 radical (unpaired) electrons. The minimum absolute atomic E-state index is 0.0229. The SMILES string of the molecule is CC[C@@H](C)NC(=O)[C@@H](Cc1ccccc1)N(Cc1cccc(Cl)c1)C(=O)CN(c1cc(Cl)ccc1OC)S(C)(=O)=O. The summed E-state index contributed by atoms with van der Waals surface area (Å²) >= 11 is 12.4. The van der Waals surface area contributed by atoms with Gasteiger partial charge in [0.1, 0.15) is 18.3 Å². The highest BCUT2D eigenvalue weighted by Gasteiger charge is 2.34. The fourth-order valence-corrected chi connectivity index (χ4v) is 5.50. The van der Waals surface area contributed by atoms with Crippen molar-refractivity contribution >= 4 is 50.7 Å². The first-order chi connectivity index (χ1) is 19.4. The smallest absolute Gasteiger partial charge is 0.244 e. The molecule has 0 unspecified atom stereocenters. The maximum Gasteiger partial charge on any atom is 0.244 e. The Morgan fingerprint density at radius 2 is 1.61 bits per heavy atom. The molecular formula is C30H35Cl2N3O5S. The van der Waals surface area contributed by atoms with Gasteiger partial charge in [-0.3, -0.25) is 13.9 Å². The maximum atomic E-state index is 14.2. The van der Waals surface area contributed by atoms with Gasteiger partial charge in [0.05, 0.1) is 19.1 Å².